The third kappa shape index (κ3) is 15.5. The quantitative estimate of drug-likeness (QED) is 0.412. The van der Waals surface area contributed by atoms with Crippen molar-refractivity contribution in [1.29, 1.82) is 0 Å². The molecule has 18 heavy (non-hydrogen) atoms. The molecule has 2 heteroatoms. The number of unbranched alkanes of at least 4 members (excludes halogenated alkanes) is 11. The Morgan fingerprint density at radius 3 is 1.50 bits per heavy atom. The molecular weight excluding hydrogens is 222 g/mol. The zero-order valence-corrected chi connectivity index (χ0v) is 11.9. The highest BCUT2D eigenvalue weighted by Crippen LogP contribution is 2.11. The Morgan fingerprint density at radius 2 is 1.06 bits per heavy atom. The highest BCUT2D eigenvalue weighted by molar-refractivity contribution is 4.99. The zero-order valence-electron chi connectivity index (χ0n) is 11.9. The molecule has 2 nitrogen and oxygen atoms in total. The van der Waals surface area contributed by atoms with Crippen molar-refractivity contribution in [2.45, 2.75) is 77.0 Å². The SMILES string of the molecule is NCC#CCCCCCCCCCCCCCO. The normalized spacial score (nSPS) is 10.1. The molecule has 0 fully saturated rings. The molecule has 0 atom stereocenters. The Bertz CT molecular complexity index is 205. The van der Waals surface area contributed by atoms with Gasteiger partial charge in [0.1, 0.15) is 0 Å². The van der Waals surface area contributed by atoms with Crippen LogP contribution in [0.1, 0.15) is 77.0 Å². The largest absolute Gasteiger partial charge is 0.396 e. The first-order valence-corrected chi connectivity index (χ1v) is 7.68. The Hall–Kier alpha value is -0.520. The minimum absolute atomic E-state index is 0.357. The van der Waals surface area contributed by atoms with Crippen molar-refractivity contribution in [3.8, 4) is 11.8 Å². The second-order valence-corrected chi connectivity index (χ2v) is 4.92. The first kappa shape index (κ1) is 17.5. The maximum Gasteiger partial charge on any atom is 0.0551 e. The summed E-state index contributed by atoms with van der Waals surface area (Å²) in [6.45, 7) is 0.855. The van der Waals surface area contributed by atoms with E-state index in [-0.39, 0.29) is 0 Å². The molecule has 0 radical (unpaired) electrons. The van der Waals surface area contributed by atoms with Crippen molar-refractivity contribution in [3.05, 3.63) is 0 Å². The third-order valence-electron chi connectivity index (χ3n) is 3.19. The average molecular weight is 253 g/mol. The molecule has 0 aromatic carbocycles. The second kappa shape index (κ2) is 16.5. The smallest absolute Gasteiger partial charge is 0.0551 e. The van der Waals surface area contributed by atoms with Crippen molar-refractivity contribution >= 4 is 0 Å². The third-order valence-corrected chi connectivity index (χ3v) is 3.19. The van der Waals surface area contributed by atoms with Crippen molar-refractivity contribution in [2.75, 3.05) is 13.2 Å². The highest BCUT2D eigenvalue weighted by atomic mass is 16.2. The monoisotopic (exact) mass is 253 g/mol. The van der Waals surface area contributed by atoms with E-state index >= 15 is 0 Å². The maximum absolute atomic E-state index is 8.64. The van der Waals surface area contributed by atoms with Crippen molar-refractivity contribution < 1.29 is 5.11 Å². The van der Waals surface area contributed by atoms with Gasteiger partial charge in [0.05, 0.1) is 6.54 Å². The van der Waals surface area contributed by atoms with Gasteiger partial charge in [0.2, 0.25) is 0 Å². The lowest BCUT2D eigenvalue weighted by molar-refractivity contribution is 0.282. The van der Waals surface area contributed by atoms with Crippen LogP contribution in [0.2, 0.25) is 0 Å². The summed E-state index contributed by atoms with van der Waals surface area (Å²) < 4.78 is 0. The molecule has 0 rings (SSSR count). The summed E-state index contributed by atoms with van der Waals surface area (Å²) in [4.78, 5) is 0. The molecule has 106 valence electrons. The van der Waals surface area contributed by atoms with E-state index in [1.807, 2.05) is 0 Å². The number of hydrogen-bond acceptors (Lipinski definition) is 2. The number of aliphatic hydroxyl groups excluding tert-OH is 1. The number of nitrogens with two attached hydrogens (primary N) is 1. The van der Waals surface area contributed by atoms with Crippen molar-refractivity contribution in [2.24, 2.45) is 5.73 Å². The summed E-state index contributed by atoms with van der Waals surface area (Å²) in [5.41, 5.74) is 5.29. The molecule has 0 saturated carbocycles. The molecule has 0 aliphatic carbocycles. The van der Waals surface area contributed by atoms with Gasteiger partial charge in [-0.1, -0.05) is 63.7 Å². The van der Waals surface area contributed by atoms with Crippen LogP contribution < -0.4 is 5.73 Å². The number of aliphatic hydroxyl groups is 1. The van der Waals surface area contributed by atoms with Crippen LogP contribution in [0.3, 0.4) is 0 Å². The molecule has 3 N–H and O–H groups in total. The van der Waals surface area contributed by atoms with E-state index in [2.05, 4.69) is 11.8 Å². The van der Waals surface area contributed by atoms with E-state index < -0.39 is 0 Å². The number of rotatable bonds is 12. The first-order valence-electron chi connectivity index (χ1n) is 7.68. The fraction of sp³-hybridized carbons (Fsp3) is 0.875. The van der Waals surface area contributed by atoms with Crippen LogP contribution >= 0.6 is 0 Å². The van der Waals surface area contributed by atoms with Crippen LogP contribution in [-0.2, 0) is 0 Å². The molecule has 0 aliphatic heterocycles. The van der Waals surface area contributed by atoms with Gasteiger partial charge < -0.3 is 10.8 Å². The van der Waals surface area contributed by atoms with Crippen LogP contribution in [0.15, 0.2) is 0 Å². The van der Waals surface area contributed by atoms with Gasteiger partial charge in [-0.2, -0.15) is 0 Å². The summed E-state index contributed by atoms with van der Waals surface area (Å²) in [7, 11) is 0. The van der Waals surface area contributed by atoms with E-state index in [0.717, 1.165) is 12.8 Å². The van der Waals surface area contributed by atoms with E-state index in [1.165, 1.54) is 64.2 Å². The van der Waals surface area contributed by atoms with Crippen LogP contribution in [0.25, 0.3) is 0 Å². The first-order chi connectivity index (χ1) is 8.91. The molecule has 0 aliphatic rings. The summed E-state index contributed by atoms with van der Waals surface area (Å²) in [5, 5.41) is 8.64. The summed E-state index contributed by atoms with van der Waals surface area (Å²) in [5.74, 6) is 5.98. The predicted molar refractivity (Wildman–Crippen MR) is 79.3 cm³/mol. The molecular formula is C16H31NO. The molecule has 0 unspecified atom stereocenters. The minimum atomic E-state index is 0.357. The zero-order chi connectivity index (χ0) is 13.3. The van der Waals surface area contributed by atoms with Crippen molar-refractivity contribution in [3.63, 3.8) is 0 Å². The van der Waals surface area contributed by atoms with Crippen LogP contribution in [0.5, 0.6) is 0 Å². The van der Waals surface area contributed by atoms with Gasteiger partial charge in [0.15, 0.2) is 0 Å². The van der Waals surface area contributed by atoms with E-state index in [9.17, 15) is 0 Å². The summed E-state index contributed by atoms with van der Waals surface area (Å²) >= 11 is 0. The molecule has 0 amide bonds. The van der Waals surface area contributed by atoms with E-state index in [1.54, 1.807) is 0 Å². The Morgan fingerprint density at radius 1 is 0.611 bits per heavy atom. The molecule has 0 bridgehead atoms. The Balaban J connectivity index is 2.94. The van der Waals surface area contributed by atoms with Gasteiger partial charge in [-0.05, 0) is 12.8 Å². The average Bonchev–Trinajstić information content (AvgIpc) is 2.39. The van der Waals surface area contributed by atoms with Gasteiger partial charge in [-0.3, -0.25) is 0 Å². The van der Waals surface area contributed by atoms with Gasteiger partial charge in [0.25, 0.3) is 0 Å². The fourth-order valence-corrected chi connectivity index (χ4v) is 2.08. The summed E-state index contributed by atoms with van der Waals surface area (Å²) in [6, 6.07) is 0. The lowest BCUT2D eigenvalue weighted by Crippen LogP contribution is -1.92. The second-order valence-electron chi connectivity index (χ2n) is 4.92. The standard InChI is InChI=1S/C16H31NO/c17-15-13-11-9-7-5-3-1-2-4-6-8-10-12-14-16-18/h18H,1-10,12,14-17H2. The number of hydrogen-bond donors (Lipinski definition) is 2. The van der Waals surface area contributed by atoms with Crippen LogP contribution in [0.4, 0.5) is 0 Å². The fourth-order valence-electron chi connectivity index (χ4n) is 2.08. The molecule has 0 saturated heterocycles. The molecule has 0 heterocycles. The van der Waals surface area contributed by atoms with Gasteiger partial charge >= 0.3 is 0 Å². The maximum atomic E-state index is 8.64. The summed E-state index contributed by atoms with van der Waals surface area (Å²) in [6.07, 6.45) is 15.2. The lowest BCUT2D eigenvalue weighted by atomic mass is 10.1. The topological polar surface area (TPSA) is 46.2 Å². The van der Waals surface area contributed by atoms with E-state index in [0.29, 0.717) is 13.2 Å². The Labute approximate surface area is 113 Å². The predicted octanol–water partition coefficient (Wildman–Crippen LogP) is 3.62. The van der Waals surface area contributed by atoms with Crippen molar-refractivity contribution in [1.82, 2.24) is 0 Å². The van der Waals surface area contributed by atoms with Gasteiger partial charge in [-0.15, -0.1) is 5.92 Å². The van der Waals surface area contributed by atoms with Crippen LogP contribution in [0, 0.1) is 11.8 Å². The molecule has 0 aromatic rings. The van der Waals surface area contributed by atoms with E-state index in [4.69, 9.17) is 10.8 Å². The Kier molecular flexibility index (Phi) is 16.0. The van der Waals surface area contributed by atoms with Crippen LogP contribution in [-0.4, -0.2) is 18.3 Å². The minimum Gasteiger partial charge on any atom is -0.396 e. The lowest BCUT2D eigenvalue weighted by Gasteiger charge is -2.01. The molecule has 0 aromatic heterocycles. The van der Waals surface area contributed by atoms with Gasteiger partial charge in [0, 0.05) is 13.0 Å². The van der Waals surface area contributed by atoms with Gasteiger partial charge in [-0.25, -0.2) is 0 Å². The molecule has 0 spiro atoms. The highest BCUT2D eigenvalue weighted by Gasteiger charge is 1.92.